The van der Waals surface area contributed by atoms with Gasteiger partial charge in [-0.25, -0.2) is 4.79 Å². The lowest BCUT2D eigenvalue weighted by Gasteiger charge is -2.30. The Hall–Kier alpha value is -4.37. The van der Waals surface area contributed by atoms with Gasteiger partial charge in [0, 0.05) is 24.2 Å². The van der Waals surface area contributed by atoms with Crippen LogP contribution < -0.4 is 14.4 Å². The number of nitrogens with zero attached hydrogens (tertiary/aromatic N) is 2. The minimum absolute atomic E-state index is 0.0523. The van der Waals surface area contributed by atoms with Gasteiger partial charge in [-0.3, -0.25) is 4.79 Å². The highest BCUT2D eigenvalue weighted by Gasteiger charge is 2.26. The molecule has 0 fully saturated rings. The van der Waals surface area contributed by atoms with E-state index < -0.39 is 12.1 Å². The molecule has 3 aromatic carbocycles. The molecule has 1 aliphatic heterocycles. The number of hydrogen-bond acceptors (Lipinski definition) is 7. The number of carbonyl (C=O) groups is 2. The van der Waals surface area contributed by atoms with Gasteiger partial charge in [0.2, 0.25) is 0 Å². The number of amides is 1. The van der Waals surface area contributed by atoms with E-state index in [-0.39, 0.29) is 25.5 Å². The van der Waals surface area contributed by atoms with Crippen molar-refractivity contribution >= 4 is 23.3 Å². The van der Waals surface area contributed by atoms with E-state index in [9.17, 15) is 14.7 Å². The molecule has 0 radical (unpaired) electrons. The number of ether oxygens (including phenoxy) is 3. The van der Waals surface area contributed by atoms with Crippen molar-refractivity contribution in [1.82, 2.24) is 0 Å². The van der Waals surface area contributed by atoms with Crippen molar-refractivity contribution in [3.8, 4) is 11.5 Å². The third-order valence-corrected chi connectivity index (χ3v) is 5.98. The van der Waals surface area contributed by atoms with E-state index in [1.54, 1.807) is 24.0 Å². The SMILES string of the molecule is CCOC(Cc1ccc(OCCN2C(=O)COc3ccc(/C(=N/OC)c4ccccc4)cc32)cc1)C(=O)O. The number of anilines is 1. The van der Waals surface area contributed by atoms with Gasteiger partial charge in [-0.2, -0.15) is 0 Å². The van der Waals surface area contributed by atoms with Gasteiger partial charge in [-0.05, 0) is 42.8 Å². The van der Waals surface area contributed by atoms with E-state index in [4.69, 9.17) is 19.0 Å². The maximum atomic E-state index is 12.8. The number of benzene rings is 3. The molecule has 4 rings (SSSR count). The Morgan fingerprint density at radius 3 is 2.53 bits per heavy atom. The van der Waals surface area contributed by atoms with E-state index in [1.165, 1.54) is 7.11 Å². The molecule has 1 amide bonds. The van der Waals surface area contributed by atoms with Crippen LogP contribution in [0, 0.1) is 0 Å². The van der Waals surface area contributed by atoms with Crippen LogP contribution in [0.5, 0.6) is 11.5 Å². The number of rotatable bonds is 12. The van der Waals surface area contributed by atoms with E-state index >= 15 is 0 Å². The molecular weight excluding hydrogens is 488 g/mol. The lowest BCUT2D eigenvalue weighted by Crippen LogP contribution is -2.41. The van der Waals surface area contributed by atoms with Crippen LogP contribution in [0.3, 0.4) is 0 Å². The largest absolute Gasteiger partial charge is 0.492 e. The summed E-state index contributed by atoms with van der Waals surface area (Å²) in [6.45, 7) is 2.61. The van der Waals surface area contributed by atoms with Gasteiger partial charge in [0.1, 0.15) is 30.9 Å². The normalized spacial score (nSPS) is 13.9. The summed E-state index contributed by atoms with van der Waals surface area (Å²) in [4.78, 5) is 30.8. The van der Waals surface area contributed by atoms with E-state index in [1.807, 2.05) is 60.7 Å². The standard InChI is InChI=1S/C29H30N2O7/c1-3-36-26(29(33)34)17-20-9-12-23(13-10-20)37-16-15-31-24-18-22(11-14-25(24)38-19-27(31)32)28(30-35-2)21-7-5-4-6-8-21/h4-14,18,26H,3,15-17,19H2,1-2H3,(H,33,34)/b30-28+. The molecule has 0 saturated heterocycles. The lowest BCUT2D eigenvalue weighted by molar-refractivity contribution is -0.149. The number of oxime groups is 1. The quantitative estimate of drug-likeness (QED) is 0.286. The second-order valence-corrected chi connectivity index (χ2v) is 8.48. The highest BCUT2D eigenvalue weighted by molar-refractivity contribution is 6.13. The van der Waals surface area contributed by atoms with Crippen LogP contribution in [0.1, 0.15) is 23.6 Å². The summed E-state index contributed by atoms with van der Waals surface area (Å²) in [6, 6.07) is 22.4. The van der Waals surface area contributed by atoms with Crippen molar-refractivity contribution in [3.05, 3.63) is 89.5 Å². The maximum absolute atomic E-state index is 12.8. The Labute approximate surface area is 221 Å². The van der Waals surface area contributed by atoms with Crippen LogP contribution in [0.4, 0.5) is 5.69 Å². The zero-order valence-corrected chi connectivity index (χ0v) is 21.3. The van der Waals surface area contributed by atoms with Gasteiger partial charge in [0.25, 0.3) is 5.91 Å². The Bertz CT molecular complexity index is 1280. The highest BCUT2D eigenvalue weighted by Crippen LogP contribution is 2.33. The van der Waals surface area contributed by atoms with Crippen molar-refractivity contribution in [3.63, 3.8) is 0 Å². The Morgan fingerprint density at radius 2 is 1.84 bits per heavy atom. The first-order valence-electron chi connectivity index (χ1n) is 12.3. The zero-order chi connectivity index (χ0) is 26.9. The van der Waals surface area contributed by atoms with E-state index in [2.05, 4.69) is 5.16 Å². The van der Waals surface area contributed by atoms with Crippen LogP contribution in [-0.2, 0) is 25.6 Å². The molecule has 0 aromatic heterocycles. The van der Waals surface area contributed by atoms with Gasteiger partial charge in [0.15, 0.2) is 12.7 Å². The summed E-state index contributed by atoms with van der Waals surface area (Å²) in [5.41, 5.74) is 3.76. The van der Waals surface area contributed by atoms with Gasteiger partial charge in [-0.1, -0.05) is 47.6 Å². The van der Waals surface area contributed by atoms with E-state index in [0.29, 0.717) is 36.0 Å². The summed E-state index contributed by atoms with van der Waals surface area (Å²) in [5.74, 6) is 0.0551. The second kappa shape index (κ2) is 12.7. The molecule has 3 aromatic rings. The second-order valence-electron chi connectivity index (χ2n) is 8.48. The predicted molar refractivity (Wildman–Crippen MR) is 142 cm³/mol. The first kappa shape index (κ1) is 26.7. The predicted octanol–water partition coefficient (Wildman–Crippen LogP) is 3.92. The molecule has 9 heteroatoms. The molecule has 9 nitrogen and oxygen atoms in total. The van der Waals surface area contributed by atoms with Crippen LogP contribution in [0.2, 0.25) is 0 Å². The molecule has 198 valence electrons. The fourth-order valence-electron chi connectivity index (χ4n) is 4.16. The van der Waals surface area contributed by atoms with Crippen molar-refractivity contribution in [2.75, 3.05) is 38.4 Å². The Kier molecular flexibility index (Phi) is 8.94. The summed E-state index contributed by atoms with van der Waals surface area (Å²) in [5, 5.41) is 13.5. The van der Waals surface area contributed by atoms with Gasteiger partial charge < -0.3 is 29.1 Å². The molecule has 0 saturated carbocycles. The average molecular weight is 519 g/mol. The van der Waals surface area contributed by atoms with Gasteiger partial charge in [0.05, 0.1) is 12.2 Å². The van der Waals surface area contributed by atoms with Crippen molar-refractivity contribution in [2.24, 2.45) is 5.16 Å². The number of carboxylic acid groups (broad SMARTS) is 1. The van der Waals surface area contributed by atoms with Gasteiger partial charge in [-0.15, -0.1) is 0 Å². The topological polar surface area (TPSA) is 107 Å². The minimum atomic E-state index is -0.991. The van der Waals surface area contributed by atoms with Crippen LogP contribution in [0.25, 0.3) is 0 Å². The summed E-state index contributed by atoms with van der Waals surface area (Å²) >= 11 is 0. The van der Waals surface area contributed by atoms with Crippen molar-refractivity contribution < 1.29 is 33.7 Å². The minimum Gasteiger partial charge on any atom is -0.492 e. The average Bonchev–Trinajstić information content (AvgIpc) is 2.93. The number of hydrogen-bond donors (Lipinski definition) is 1. The summed E-state index contributed by atoms with van der Waals surface area (Å²) < 4.78 is 16.8. The van der Waals surface area contributed by atoms with Gasteiger partial charge >= 0.3 is 5.97 Å². The summed E-state index contributed by atoms with van der Waals surface area (Å²) in [6.07, 6.45) is -0.622. The fourth-order valence-corrected chi connectivity index (χ4v) is 4.16. The molecule has 1 atom stereocenters. The fraction of sp³-hybridized carbons (Fsp3) is 0.276. The molecule has 0 bridgehead atoms. The first-order valence-corrected chi connectivity index (χ1v) is 12.3. The number of aliphatic carboxylic acids is 1. The highest BCUT2D eigenvalue weighted by atomic mass is 16.6. The van der Waals surface area contributed by atoms with E-state index in [0.717, 1.165) is 16.7 Å². The molecule has 1 aliphatic rings. The Morgan fingerprint density at radius 1 is 1.08 bits per heavy atom. The summed E-state index contributed by atoms with van der Waals surface area (Å²) in [7, 11) is 1.49. The molecule has 38 heavy (non-hydrogen) atoms. The molecule has 1 unspecified atom stereocenters. The van der Waals surface area contributed by atoms with Crippen molar-refractivity contribution in [2.45, 2.75) is 19.4 Å². The molecule has 0 aliphatic carbocycles. The third-order valence-electron chi connectivity index (χ3n) is 5.98. The Balaban J connectivity index is 1.45. The monoisotopic (exact) mass is 518 g/mol. The smallest absolute Gasteiger partial charge is 0.333 e. The van der Waals surface area contributed by atoms with Crippen molar-refractivity contribution in [1.29, 1.82) is 0 Å². The number of carbonyl (C=O) groups excluding carboxylic acids is 1. The third kappa shape index (κ3) is 6.49. The van der Waals surface area contributed by atoms with Crippen LogP contribution >= 0.6 is 0 Å². The van der Waals surface area contributed by atoms with Crippen LogP contribution in [-0.4, -0.2) is 62.3 Å². The molecule has 1 heterocycles. The molecule has 0 spiro atoms. The lowest BCUT2D eigenvalue weighted by atomic mass is 10.0. The zero-order valence-electron chi connectivity index (χ0n) is 21.3. The first-order chi connectivity index (χ1) is 18.5. The molecule has 1 N–H and O–H groups in total. The van der Waals surface area contributed by atoms with Crippen LogP contribution in [0.15, 0.2) is 78.0 Å². The molecular formula is C29H30N2O7. The number of fused-ring (bicyclic) bond motifs is 1. The maximum Gasteiger partial charge on any atom is 0.333 e. The number of carboxylic acids is 1.